The van der Waals surface area contributed by atoms with E-state index in [2.05, 4.69) is 24.1 Å². The molecule has 0 N–H and O–H groups in total. The third-order valence-corrected chi connectivity index (χ3v) is 7.43. The van der Waals surface area contributed by atoms with Crippen LogP contribution in [0.1, 0.15) is 0 Å². The fourth-order valence-electron chi connectivity index (χ4n) is 3.37. The molecule has 2 aromatic carbocycles. The van der Waals surface area contributed by atoms with E-state index in [1.807, 2.05) is 73.1 Å². The Bertz CT molecular complexity index is 1520. The van der Waals surface area contributed by atoms with Crippen molar-refractivity contribution in [3.8, 4) is 33.2 Å². The molecule has 168 valence electrons. The lowest BCUT2D eigenvalue weighted by molar-refractivity contribution is -0.113. The second-order valence-corrected chi connectivity index (χ2v) is 9.50. The molecule has 0 aliphatic rings. The lowest BCUT2D eigenvalue weighted by Gasteiger charge is -2.10. The Balaban J connectivity index is 0.000000161. The summed E-state index contributed by atoms with van der Waals surface area (Å²) >= 11 is 3.31. The number of aryl methyl sites for hydroxylation is 1. The predicted molar refractivity (Wildman–Crippen MR) is 144 cm³/mol. The van der Waals surface area contributed by atoms with Crippen molar-refractivity contribution in [2.75, 3.05) is 11.9 Å². The molecule has 5 aromatic rings. The van der Waals surface area contributed by atoms with Gasteiger partial charge in [-0.15, -0.1) is 29.1 Å². The van der Waals surface area contributed by atoms with Crippen molar-refractivity contribution in [1.29, 1.82) is 0 Å². The molecular formula is C28H22N2O2S2. The van der Waals surface area contributed by atoms with Gasteiger partial charge >= 0.3 is 5.91 Å². The van der Waals surface area contributed by atoms with Crippen LogP contribution in [0.15, 0.2) is 95.1 Å². The van der Waals surface area contributed by atoms with E-state index in [1.165, 1.54) is 15.3 Å². The standard InChI is InChI=1S/2C14H11NOS/c1-15-11-9-13(10-5-3-2-4-6-10)17-12(11)7-8-14(15)16;1-3-14(16)15(2)12-9-13(17-10-12)11-7-5-4-6-8-11/h2-9H,1H3;1,4-10H,2H3. The molecule has 0 saturated heterocycles. The first-order valence-electron chi connectivity index (χ1n) is 10.5. The molecule has 34 heavy (non-hydrogen) atoms. The van der Waals surface area contributed by atoms with E-state index in [1.54, 1.807) is 40.4 Å². The van der Waals surface area contributed by atoms with Crippen molar-refractivity contribution in [3.05, 3.63) is 101 Å². The summed E-state index contributed by atoms with van der Waals surface area (Å²) in [5.74, 6) is 1.77. The molecule has 4 nitrogen and oxygen atoms in total. The number of nitrogens with zero attached hydrogens (tertiary/aromatic N) is 2. The number of rotatable bonds is 3. The van der Waals surface area contributed by atoms with Crippen molar-refractivity contribution < 1.29 is 4.79 Å². The summed E-state index contributed by atoms with van der Waals surface area (Å²) in [7, 11) is 3.49. The Morgan fingerprint density at radius 3 is 2.15 bits per heavy atom. The fraction of sp³-hybridized carbons (Fsp3) is 0.0714. The summed E-state index contributed by atoms with van der Waals surface area (Å²) in [5, 5.41) is 1.93. The van der Waals surface area contributed by atoms with Crippen molar-refractivity contribution in [2.45, 2.75) is 0 Å². The number of hydrogen-bond acceptors (Lipinski definition) is 4. The molecule has 0 fully saturated rings. The average molecular weight is 483 g/mol. The van der Waals surface area contributed by atoms with Crippen molar-refractivity contribution in [2.24, 2.45) is 7.05 Å². The van der Waals surface area contributed by atoms with E-state index < -0.39 is 0 Å². The fourth-order valence-corrected chi connectivity index (χ4v) is 5.40. The minimum Gasteiger partial charge on any atom is -0.310 e. The number of fused-ring (bicyclic) bond motifs is 1. The Morgan fingerprint density at radius 2 is 1.53 bits per heavy atom. The number of amides is 1. The van der Waals surface area contributed by atoms with Crippen LogP contribution in [-0.4, -0.2) is 17.5 Å². The Kier molecular flexibility index (Phi) is 7.07. The molecule has 6 heteroatoms. The molecule has 3 heterocycles. The van der Waals surface area contributed by atoms with Crippen LogP contribution in [0.25, 0.3) is 31.1 Å². The molecule has 0 bridgehead atoms. The number of carbonyl (C=O) groups is 1. The van der Waals surface area contributed by atoms with Crippen LogP contribution in [0.2, 0.25) is 0 Å². The maximum atomic E-state index is 11.5. The SMILES string of the molecule is C#CC(=O)N(C)c1csc(-c2ccccc2)c1.Cn1c(=O)ccc2sc(-c3ccccc3)cc21. The Hall–Kier alpha value is -3.92. The highest BCUT2D eigenvalue weighted by Crippen LogP contribution is 2.32. The minimum absolute atomic E-state index is 0.0370. The van der Waals surface area contributed by atoms with Gasteiger partial charge in [0.05, 0.1) is 15.9 Å². The van der Waals surface area contributed by atoms with Gasteiger partial charge in [-0.05, 0) is 35.2 Å². The van der Waals surface area contributed by atoms with Gasteiger partial charge in [-0.25, -0.2) is 0 Å². The number of hydrogen-bond donors (Lipinski definition) is 0. The number of terminal acetylenes is 1. The van der Waals surface area contributed by atoms with E-state index in [0.717, 1.165) is 26.3 Å². The highest BCUT2D eigenvalue weighted by molar-refractivity contribution is 7.22. The molecule has 0 unspecified atom stereocenters. The number of aromatic nitrogens is 1. The van der Waals surface area contributed by atoms with E-state index in [4.69, 9.17) is 6.42 Å². The smallest absolute Gasteiger partial charge is 0.302 e. The normalized spacial score (nSPS) is 10.3. The summed E-state index contributed by atoms with van der Waals surface area (Å²) in [6.07, 6.45) is 5.09. The van der Waals surface area contributed by atoms with Crippen LogP contribution in [0.4, 0.5) is 5.69 Å². The van der Waals surface area contributed by atoms with E-state index >= 15 is 0 Å². The lowest BCUT2D eigenvalue weighted by atomic mass is 10.2. The van der Waals surface area contributed by atoms with Crippen LogP contribution in [-0.2, 0) is 11.8 Å². The molecule has 0 aliphatic carbocycles. The number of anilines is 1. The zero-order chi connectivity index (χ0) is 24.1. The van der Waals surface area contributed by atoms with Gasteiger partial charge < -0.3 is 9.47 Å². The van der Waals surface area contributed by atoms with Gasteiger partial charge in [-0.3, -0.25) is 9.59 Å². The monoisotopic (exact) mass is 482 g/mol. The van der Waals surface area contributed by atoms with Crippen LogP contribution >= 0.6 is 22.7 Å². The highest BCUT2D eigenvalue weighted by Gasteiger charge is 2.11. The van der Waals surface area contributed by atoms with Gasteiger partial charge in [0.1, 0.15) is 0 Å². The molecule has 1 amide bonds. The summed E-state index contributed by atoms with van der Waals surface area (Å²) in [4.78, 5) is 26.7. The molecular weight excluding hydrogens is 460 g/mol. The summed E-state index contributed by atoms with van der Waals surface area (Å²) in [6, 6.07) is 27.8. The zero-order valence-electron chi connectivity index (χ0n) is 18.8. The first-order chi connectivity index (χ1) is 16.5. The van der Waals surface area contributed by atoms with Gasteiger partial charge in [0.2, 0.25) is 0 Å². The lowest BCUT2D eigenvalue weighted by Crippen LogP contribution is -2.23. The topological polar surface area (TPSA) is 42.3 Å². The number of pyridine rings is 1. The predicted octanol–water partition coefficient (Wildman–Crippen LogP) is 6.28. The molecule has 3 aromatic heterocycles. The van der Waals surface area contributed by atoms with Gasteiger partial charge in [-0.1, -0.05) is 60.7 Å². The van der Waals surface area contributed by atoms with Crippen LogP contribution in [0.3, 0.4) is 0 Å². The van der Waals surface area contributed by atoms with Crippen LogP contribution < -0.4 is 10.5 Å². The van der Waals surface area contributed by atoms with Crippen molar-refractivity contribution >= 4 is 44.5 Å². The van der Waals surface area contributed by atoms with Gasteiger partial charge in [0.25, 0.3) is 5.56 Å². The molecule has 0 aliphatic heterocycles. The number of thiophene rings is 2. The number of benzene rings is 2. The van der Waals surface area contributed by atoms with E-state index in [9.17, 15) is 9.59 Å². The molecule has 5 rings (SSSR count). The maximum Gasteiger partial charge on any atom is 0.302 e. The van der Waals surface area contributed by atoms with Gasteiger partial charge in [0, 0.05) is 35.3 Å². The van der Waals surface area contributed by atoms with Crippen LogP contribution in [0, 0.1) is 12.3 Å². The average Bonchev–Trinajstić information content (AvgIpc) is 3.55. The summed E-state index contributed by atoms with van der Waals surface area (Å²) in [5.41, 5.74) is 4.21. The largest absolute Gasteiger partial charge is 0.310 e. The maximum absolute atomic E-state index is 11.5. The minimum atomic E-state index is -0.331. The van der Waals surface area contributed by atoms with E-state index in [-0.39, 0.29) is 11.5 Å². The quantitative estimate of drug-likeness (QED) is 0.284. The molecule has 0 atom stereocenters. The van der Waals surface area contributed by atoms with Crippen LogP contribution in [0.5, 0.6) is 0 Å². The highest BCUT2D eigenvalue weighted by atomic mass is 32.1. The second-order valence-electron chi connectivity index (χ2n) is 7.50. The molecule has 0 radical (unpaired) electrons. The Labute approximate surface area is 206 Å². The van der Waals surface area contributed by atoms with E-state index in [0.29, 0.717) is 0 Å². The molecule has 0 spiro atoms. The molecule has 0 saturated carbocycles. The third kappa shape index (κ3) is 5.01. The van der Waals surface area contributed by atoms with Gasteiger partial charge in [-0.2, -0.15) is 0 Å². The summed E-state index contributed by atoms with van der Waals surface area (Å²) < 4.78 is 2.84. The second kappa shape index (κ2) is 10.3. The van der Waals surface area contributed by atoms with Gasteiger partial charge in [0.15, 0.2) is 0 Å². The first-order valence-corrected chi connectivity index (χ1v) is 12.2. The zero-order valence-corrected chi connectivity index (χ0v) is 20.4. The summed E-state index contributed by atoms with van der Waals surface area (Å²) in [6.45, 7) is 0. The number of carbonyl (C=O) groups excluding carboxylic acids is 1. The van der Waals surface area contributed by atoms with Crippen molar-refractivity contribution in [3.63, 3.8) is 0 Å². The Morgan fingerprint density at radius 1 is 0.912 bits per heavy atom. The first kappa shape index (κ1) is 23.2. The van der Waals surface area contributed by atoms with Crippen molar-refractivity contribution in [1.82, 2.24) is 4.57 Å². The third-order valence-electron chi connectivity index (χ3n) is 5.33.